The summed E-state index contributed by atoms with van der Waals surface area (Å²) in [5, 5.41) is 2.73. The summed E-state index contributed by atoms with van der Waals surface area (Å²) >= 11 is 0. The van der Waals surface area contributed by atoms with Gasteiger partial charge in [-0.1, -0.05) is 31.5 Å². The molecule has 0 unspecified atom stereocenters. The second kappa shape index (κ2) is 9.35. The molecule has 1 N–H and O–H groups in total. The molecular formula is C23H24FN3O3. The lowest BCUT2D eigenvalue weighted by Crippen LogP contribution is -2.41. The van der Waals surface area contributed by atoms with E-state index in [1.165, 1.54) is 36.2 Å². The van der Waals surface area contributed by atoms with Gasteiger partial charge in [0, 0.05) is 18.1 Å². The highest BCUT2D eigenvalue weighted by Gasteiger charge is 2.12. The largest absolute Gasteiger partial charge is 0.325 e. The molecular weight excluding hydrogens is 385 g/mol. The van der Waals surface area contributed by atoms with E-state index in [1.807, 2.05) is 24.3 Å². The summed E-state index contributed by atoms with van der Waals surface area (Å²) in [7, 11) is 0. The number of hydrogen-bond acceptors (Lipinski definition) is 3. The van der Waals surface area contributed by atoms with Gasteiger partial charge in [0.15, 0.2) is 0 Å². The van der Waals surface area contributed by atoms with Crippen molar-refractivity contribution in [3.63, 3.8) is 0 Å². The zero-order chi connectivity index (χ0) is 21.7. The highest BCUT2D eigenvalue weighted by Crippen LogP contribution is 2.14. The molecule has 0 fully saturated rings. The third kappa shape index (κ3) is 4.92. The number of rotatable bonds is 7. The number of hydrogen-bond donors (Lipinski definition) is 1. The van der Waals surface area contributed by atoms with Crippen LogP contribution in [0.4, 0.5) is 10.1 Å². The Hall–Kier alpha value is -3.48. The predicted octanol–water partition coefficient (Wildman–Crippen LogP) is 3.43. The van der Waals surface area contributed by atoms with E-state index in [9.17, 15) is 18.8 Å². The molecule has 7 heteroatoms. The van der Waals surface area contributed by atoms with Crippen LogP contribution in [0.2, 0.25) is 0 Å². The van der Waals surface area contributed by atoms with Crippen LogP contribution in [0, 0.1) is 12.7 Å². The molecule has 0 spiro atoms. The monoisotopic (exact) mass is 409 g/mol. The van der Waals surface area contributed by atoms with E-state index in [2.05, 4.69) is 12.2 Å². The molecule has 1 heterocycles. The number of aryl methyl sites for hydroxylation is 2. The number of anilines is 1. The lowest BCUT2D eigenvalue weighted by molar-refractivity contribution is -0.116. The summed E-state index contributed by atoms with van der Waals surface area (Å²) in [5.74, 6) is -0.927. The molecule has 2 aromatic carbocycles. The Balaban J connectivity index is 1.75. The number of benzene rings is 2. The van der Waals surface area contributed by atoms with Crippen molar-refractivity contribution in [2.24, 2.45) is 0 Å². The van der Waals surface area contributed by atoms with E-state index >= 15 is 0 Å². The van der Waals surface area contributed by atoms with Crippen molar-refractivity contribution in [2.45, 2.75) is 39.7 Å². The zero-order valence-electron chi connectivity index (χ0n) is 17.0. The average molecular weight is 409 g/mol. The average Bonchev–Trinajstić information content (AvgIpc) is 2.73. The molecule has 30 heavy (non-hydrogen) atoms. The summed E-state index contributed by atoms with van der Waals surface area (Å²) in [6, 6.07) is 11.6. The van der Waals surface area contributed by atoms with Crippen molar-refractivity contribution in [2.75, 3.05) is 5.32 Å². The molecule has 1 aromatic heterocycles. The van der Waals surface area contributed by atoms with Crippen LogP contribution in [-0.4, -0.2) is 15.0 Å². The minimum Gasteiger partial charge on any atom is -0.325 e. The molecule has 1 amide bonds. The van der Waals surface area contributed by atoms with Crippen molar-refractivity contribution in [1.82, 2.24) is 9.13 Å². The van der Waals surface area contributed by atoms with Gasteiger partial charge in [-0.15, -0.1) is 0 Å². The van der Waals surface area contributed by atoms with Gasteiger partial charge in [0.25, 0.3) is 0 Å². The van der Waals surface area contributed by atoms with Crippen LogP contribution in [0.1, 0.15) is 30.9 Å². The Bertz CT molecular complexity index is 1160. The van der Waals surface area contributed by atoms with Crippen molar-refractivity contribution in [3.05, 3.63) is 92.5 Å². The molecule has 3 rings (SSSR count). The van der Waals surface area contributed by atoms with Gasteiger partial charge >= 0.3 is 11.1 Å². The summed E-state index contributed by atoms with van der Waals surface area (Å²) < 4.78 is 15.7. The van der Waals surface area contributed by atoms with Crippen LogP contribution in [0.3, 0.4) is 0 Å². The Morgan fingerprint density at radius 3 is 2.47 bits per heavy atom. The van der Waals surface area contributed by atoms with E-state index in [4.69, 9.17) is 0 Å². The van der Waals surface area contributed by atoms with Crippen LogP contribution >= 0.6 is 0 Å². The lowest BCUT2D eigenvalue weighted by Gasteiger charge is -2.11. The van der Waals surface area contributed by atoms with E-state index < -0.39 is 22.8 Å². The normalized spacial score (nSPS) is 10.8. The zero-order valence-corrected chi connectivity index (χ0v) is 17.0. The van der Waals surface area contributed by atoms with Gasteiger partial charge in [-0.25, -0.2) is 4.39 Å². The first-order valence-corrected chi connectivity index (χ1v) is 9.86. The Kier molecular flexibility index (Phi) is 6.61. The molecule has 0 radical (unpaired) electrons. The van der Waals surface area contributed by atoms with Gasteiger partial charge in [0.1, 0.15) is 12.4 Å². The highest BCUT2D eigenvalue weighted by atomic mass is 19.1. The van der Waals surface area contributed by atoms with E-state index in [0.29, 0.717) is 11.3 Å². The van der Waals surface area contributed by atoms with Gasteiger partial charge in [-0.3, -0.25) is 23.5 Å². The van der Waals surface area contributed by atoms with Crippen LogP contribution < -0.4 is 16.4 Å². The van der Waals surface area contributed by atoms with Crippen molar-refractivity contribution >= 4 is 11.6 Å². The van der Waals surface area contributed by atoms with Crippen molar-refractivity contribution in [1.29, 1.82) is 0 Å². The number of aromatic nitrogens is 2. The lowest BCUT2D eigenvalue weighted by atomic mass is 10.1. The quantitative estimate of drug-likeness (QED) is 0.608. The fourth-order valence-corrected chi connectivity index (χ4v) is 3.16. The summed E-state index contributed by atoms with van der Waals surface area (Å²) in [6.45, 7) is 3.55. The van der Waals surface area contributed by atoms with Gasteiger partial charge in [-0.2, -0.15) is 0 Å². The fourth-order valence-electron chi connectivity index (χ4n) is 3.16. The van der Waals surface area contributed by atoms with Gasteiger partial charge in [-0.05, 0) is 55.2 Å². The second-order valence-corrected chi connectivity index (χ2v) is 7.19. The molecule has 6 nitrogen and oxygen atoms in total. The molecule has 0 aliphatic rings. The molecule has 0 saturated carbocycles. The van der Waals surface area contributed by atoms with Crippen LogP contribution in [0.15, 0.2) is 64.4 Å². The van der Waals surface area contributed by atoms with Gasteiger partial charge < -0.3 is 5.32 Å². The maximum absolute atomic E-state index is 13.6. The van der Waals surface area contributed by atoms with E-state index in [1.54, 1.807) is 6.92 Å². The number of carbonyl (C=O) groups is 1. The first-order chi connectivity index (χ1) is 14.4. The number of nitrogens with one attached hydrogen (secondary N) is 1. The molecule has 156 valence electrons. The van der Waals surface area contributed by atoms with Gasteiger partial charge in [0.2, 0.25) is 5.91 Å². The minimum absolute atomic E-state index is 0.289. The number of halogens is 1. The third-order valence-corrected chi connectivity index (χ3v) is 4.86. The van der Waals surface area contributed by atoms with E-state index in [0.717, 1.165) is 28.4 Å². The topological polar surface area (TPSA) is 73.1 Å². The fraction of sp³-hybridized carbons (Fsp3) is 0.261. The van der Waals surface area contributed by atoms with Crippen LogP contribution in [-0.2, 0) is 17.8 Å². The Morgan fingerprint density at radius 2 is 1.77 bits per heavy atom. The minimum atomic E-state index is -0.855. The number of nitrogens with zero attached hydrogens (tertiary/aromatic N) is 2. The molecule has 0 bridgehead atoms. The van der Waals surface area contributed by atoms with Gasteiger partial charge in [0.05, 0.1) is 5.69 Å². The second-order valence-electron chi connectivity index (χ2n) is 7.19. The third-order valence-electron chi connectivity index (χ3n) is 4.86. The smallest absolute Gasteiger partial charge is 0.320 e. The Morgan fingerprint density at radius 1 is 1.03 bits per heavy atom. The molecule has 0 aliphatic carbocycles. The summed E-state index contributed by atoms with van der Waals surface area (Å²) in [4.78, 5) is 37.3. The molecule has 0 aliphatic heterocycles. The number of amides is 1. The standard InChI is InChI=1S/C23H24FN3O3/c1-3-4-5-17-7-10-19(11-8-17)25-21(28)15-26-12-13-27(23(30)22(26)29)20-14-18(24)9-6-16(20)2/h6-14H,3-5,15H2,1-2H3,(H,25,28). The van der Waals surface area contributed by atoms with Crippen LogP contribution in [0.5, 0.6) is 0 Å². The Labute approximate surface area is 173 Å². The summed E-state index contributed by atoms with van der Waals surface area (Å²) in [5.41, 5.74) is 1.05. The molecule has 0 saturated heterocycles. The number of carbonyl (C=O) groups excluding carboxylic acids is 1. The highest BCUT2D eigenvalue weighted by molar-refractivity contribution is 5.90. The molecule has 0 atom stereocenters. The SMILES string of the molecule is CCCCc1ccc(NC(=O)Cn2ccn(-c3cc(F)ccc3C)c(=O)c2=O)cc1. The van der Waals surface area contributed by atoms with Crippen molar-refractivity contribution < 1.29 is 9.18 Å². The predicted molar refractivity (Wildman–Crippen MR) is 115 cm³/mol. The van der Waals surface area contributed by atoms with Crippen LogP contribution in [0.25, 0.3) is 5.69 Å². The maximum Gasteiger partial charge on any atom is 0.320 e. The maximum atomic E-state index is 13.6. The first kappa shape index (κ1) is 21.2. The summed E-state index contributed by atoms with van der Waals surface area (Å²) in [6.07, 6.45) is 5.92. The molecule has 3 aromatic rings. The first-order valence-electron chi connectivity index (χ1n) is 9.86. The van der Waals surface area contributed by atoms with E-state index in [-0.39, 0.29) is 12.2 Å². The van der Waals surface area contributed by atoms with Crippen molar-refractivity contribution in [3.8, 4) is 5.69 Å². The number of unbranched alkanes of at least 4 members (excludes halogenated alkanes) is 1.